The van der Waals surface area contributed by atoms with Crippen molar-refractivity contribution in [1.29, 1.82) is 0 Å². The van der Waals surface area contributed by atoms with Crippen molar-refractivity contribution in [3.8, 4) is 11.4 Å². The summed E-state index contributed by atoms with van der Waals surface area (Å²) in [4.78, 5) is 11.2. The second-order valence-electron chi connectivity index (χ2n) is 7.87. The molecule has 6 nitrogen and oxygen atoms in total. The van der Waals surface area contributed by atoms with E-state index in [1.165, 1.54) is 0 Å². The zero-order chi connectivity index (χ0) is 22.8. The summed E-state index contributed by atoms with van der Waals surface area (Å²) < 4.78 is 7.89. The Balaban J connectivity index is 1.65. The van der Waals surface area contributed by atoms with E-state index in [9.17, 15) is 0 Å². The van der Waals surface area contributed by atoms with E-state index >= 15 is 0 Å². The average Bonchev–Trinajstić information content (AvgIpc) is 3.40. The van der Waals surface area contributed by atoms with Crippen LogP contribution in [0.1, 0.15) is 36.1 Å². The molecule has 4 heterocycles. The topological polar surface area (TPSA) is 55.2 Å². The molecular weight excluding hydrogens is 430 g/mol. The number of hydrogen-bond acceptors (Lipinski definition) is 4. The van der Waals surface area contributed by atoms with Crippen LogP contribution in [-0.4, -0.2) is 26.3 Å². The van der Waals surface area contributed by atoms with Crippen molar-refractivity contribution in [1.82, 2.24) is 19.9 Å². The van der Waals surface area contributed by atoms with Gasteiger partial charge in [-0.25, -0.2) is 0 Å². The van der Waals surface area contributed by atoms with Gasteiger partial charge in [-0.05, 0) is 86.7 Å². The predicted octanol–water partition coefficient (Wildman–Crippen LogP) is 5.15. The number of rotatable bonds is 6. The van der Waals surface area contributed by atoms with Gasteiger partial charge in [0.25, 0.3) is 0 Å². The van der Waals surface area contributed by atoms with E-state index in [0.717, 1.165) is 34.2 Å². The lowest BCUT2D eigenvalue weighted by Gasteiger charge is -2.29. The molecule has 1 fully saturated rings. The fourth-order valence-corrected chi connectivity index (χ4v) is 4.78. The van der Waals surface area contributed by atoms with Gasteiger partial charge < -0.3 is 19.5 Å². The molecule has 1 saturated heterocycles. The van der Waals surface area contributed by atoms with Crippen LogP contribution >= 0.6 is 12.2 Å². The summed E-state index contributed by atoms with van der Waals surface area (Å²) in [5.74, 6) is 0.840. The summed E-state index contributed by atoms with van der Waals surface area (Å²) in [7, 11) is 0. The number of anilines is 1. The van der Waals surface area contributed by atoms with Crippen molar-refractivity contribution in [2.24, 2.45) is 0 Å². The van der Waals surface area contributed by atoms with Gasteiger partial charge in [-0.1, -0.05) is 6.07 Å². The Hall–Kier alpha value is -3.71. The van der Waals surface area contributed by atoms with Crippen LogP contribution in [0.2, 0.25) is 0 Å². The average molecular weight is 456 g/mol. The summed E-state index contributed by atoms with van der Waals surface area (Å²) in [6, 6.07) is 22.2. The summed E-state index contributed by atoms with van der Waals surface area (Å²) in [6.45, 7) is 4.72. The van der Waals surface area contributed by atoms with E-state index in [4.69, 9.17) is 17.0 Å². The fraction of sp³-hybridized carbons (Fsp3) is 0.192. The van der Waals surface area contributed by atoms with Crippen LogP contribution in [0.25, 0.3) is 5.69 Å². The molecule has 1 aliphatic heterocycles. The van der Waals surface area contributed by atoms with Crippen molar-refractivity contribution in [3.05, 3.63) is 102 Å². The lowest BCUT2D eigenvalue weighted by Crippen LogP contribution is -2.30. The van der Waals surface area contributed by atoms with Gasteiger partial charge in [0.1, 0.15) is 11.8 Å². The highest BCUT2D eigenvalue weighted by molar-refractivity contribution is 7.80. The standard InChI is InChI=1S/C26H25N5OS/c1-3-32-21-12-10-19(11-13-21)31-25(24(29-26(31)33)22-8-4-5-16-28-22)23-14-9-18(2)30(23)20-7-6-15-27-17-20/h4-17,24-25H,3H2,1-2H3,(H,29,33)/t24-,25+/m1/s1. The molecule has 33 heavy (non-hydrogen) atoms. The first-order valence-corrected chi connectivity index (χ1v) is 11.4. The molecule has 0 radical (unpaired) electrons. The second-order valence-corrected chi connectivity index (χ2v) is 8.26. The SMILES string of the molecule is CCOc1ccc(N2C(=S)N[C@H](c3ccccn3)[C@@H]2c2ccc(C)n2-c2cccnc2)cc1. The Labute approximate surface area is 198 Å². The Bertz CT molecular complexity index is 1240. The molecule has 4 aromatic rings. The monoisotopic (exact) mass is 455 g/mol. The highest BCUT2D eigenvalue weighted by Gasteiger charge is 2.42. The van der Waals surface area contributed by atoms with Crippen LogP contribution in [-0.2, 0) is 0 Å². The van der Waals surface area contributed by atoms with E-state index in [-0.39, 0.29) is 12.1 Å². The van der Waals surface area contributed by atoms with Gasteiger partial charge in [0.05, 0.1) is 30.2 Å². The van der Waals surface area contributed by atoms with Crippen LogP contribution in [0.4, 0.5) is 5.69 Å². The number of nitrogens with one attached hydrogen (secondary N) is 1. The van der Waals surface area contributed by atoms with Crippen molar-refractivity contribution in [3.63, 3.8) is 0 Å². The minimum absolute atomic E-state index is 0.112. The maximum Gasteiger partial charge on any atom is 0.174 e. The van der Waals surface area contributed by atoms with E-state index in [2.05, 4.69) is 62.0 Å². The molecule has 0 spiro atoms. The second kappa shape index (κ2) is 9.03. The number of thiocarbonyl (C=S) groups is 1. The third-order valence-electron chi connectivity index (χ3n) is 5.84. The Morgan fingerprint density at radius 3 is 2.52 bits per heavy atom. The summed E-state index contributed by atoms with van der Waals surface area (Å²) >= 11 is 5.86. The number of benzene rings is 1. The number of aryl methyl sites for hydroxylation is 1. The number of ether oxygens (including phenoxy) is 1. The lowest BCUT2D eigenvalue weighted by molar-refractivity contribution is 0.340. The highest BCUT2D eigenvalue weighted by Crippen LogP contribution is 2.43. The van der Waals surface area contributed by atoms with E-state index in [1.54, 1.807) is 6.20 Å². The van der Waals surface area contributed by atoms with Crippen molar-refractivity contribution in [2.75, 3.05) is 11.5 Å². The molecule has 7 heteroatoms. The summed E-state index contributed by atoms with van der Waals surface area (Å²) in [5.41, 5.74) is 5.18. The molecule has 1 N–H and O–H groups in total. The summed E-state index contributed by atoms with van der Waals surface area (Å²) in [5, 5.41) is 4.19. The molecule has 0 unspecified atom stereocenters. The van der Waals surface area contributed by atoms with Crippen molar-refractivity contribution >= 4 is 23.0 Å². The van der Waals surface area contributed by atoms with Crippen molar-refractivity contribution < 1.29 is 4.74 Å². The van der Waals surface area contributed by atoms with E-state index in [0.29, 0.717) is 11.7 Å². The quantitative estimate of drug-likeness (QED) is 0.406. The zero-order valence-corrected chi connectivity index (χ0v) is 19.4. The molecule has 2 atom stereocenters. The minimum Gasteiger partial charge on any atom is -0.494 e. The maximum atomic E-state index is 5.86. The van der Waals surface area contributed by atoms with E-state index < -0.39 is 0 Å². The zero-order valence-electron chi connectivity index (χ0n) is 18.6. The lowest BCUT2D eigenvalue weighted by atomic mass is 10.0. The first-order valence-electron chi connectivity index (χ1n) is 11.0. The Morgan fingerprint density at radius 1 is 0.970 bits per heavy atom. The normalized spacial score (nSPS) is 17.8. The van der Waals surface area contributed by atoms with Crippen molar-refractivity contribution in [2.45, 2.75) is 25.9 Å². The first-order chi connectivity index (χ1) is 16.2. The Kier molecular flexibility index (Phi) is 5.79. The maximum absolute atomic E-state index is 5.86. The minimum atomic E-state index is -0.116. The van der Waals surface area contributed by atoms with E-state index in [1.807, 2.05) is 55.7 Å². The molecule has 0 saturated carbocycles. The smallest absolute Gasteiger partial charge is 0.174 e. The van der Waals surface area contributed by atoms with Crippen LogP contribution in [0, 0.1) is 6.92 Å². The number of nitrogens with zero attached hydrogens (tertiary/aromatic N) is 4. The van der Waals surface area contributed by atoms with Crippen LogP contribution < -0.4 is 15.0 Å². The van der Waals surface area contributed by atoms with Gasteiger partial charge in [0, 0.05) is 29.5 Å². The molecule has 1 aliphatic rings. The Morgan fingerprint density at radius 2 is 1.82 bits per heavy atom. The largest absolute Gasteiger partial charge is 0.494 e. The molecule has 0 bridgehead atoms. The number of aromatic nitrogens is 3. The molecule has 166 valence electrons. The van der Waals surface area contributed by atoms with Crippen LogP contribution in [0.3, 0.4) is 0 Å². The number of hydrogen-bond donors (Lipinski definition) is 1. The van der Waals surface area contributed by atoms with Gasteiger partial charge in [0.2, 0.25) is 0 Å². The molecule has 1 aromatic carbocycles. The number of pyridine rings is 2. The molecule has 0 aliphatic carbocycles. The predicted molar refractivity (Wildman–Crippen MR) is 134 cm³/mol. The first kappa shape index (κ1) is 21.2. The van der Waals surface area contributed by atoms with Crippen LogP contribution in [0.5, 0.6) is 5.75 Å². The molecular formula is C26H25N5OS. The van der Waals surface area contributed by atoms with Gasteiger partial charge in [0.15, 0.2) is 5.11 Å². The highest BCUT2D eigenvalue weighted by atomic mass is 32.1. The van der Waals surface area contributed by atoms with Gasteiger partial charge in [-0.15, -0.1) is 0 Å². The summed E-state index contributed by atoms with van der Waals surface area (Å²) in [6.07, 6.45) is 5.49. The van der Waals surface area contributed by atoms with Crippen LogP contribution in [0.15, 0.2) is 85.3 Å². The molecule has 0 amide bonds. The van der Waals surface area contributed by atoms with Gasteiger partial charge >= 0.3 is 0 Å². The fourth-order valence-electron chi connectivity index (χ4n) is 4.43. The van der Waals surface area contributed by atoms with Gasteiger partial charge in [-0.3, -0.25) is 9.97 Å². The van der Waals surface area contributed by atoms with Gasteiger partial charge in [-0.2, -0.15) is 0 Å². The third kappa shape index (κ3) is 3.96. The third-order valence-corrected chi connectivity index (χ3v) is 6.15. The molecule has 5 rings (SSSR count). The molecule has 3 aromatic heterocycles.